The zero-order valence-corrected chi connectivity index (χ0v) is 11.4. The Hall–Kier alpha value is -1.80. The normalized spacial score (nSPS) is 22.9. The lowest BCUT2D eigenvalue weighted by molar-refractivity contribution is -0.137. The summed E-state index contributed by atoms with van der Waals surface area (Å²) in [6.45, 7) is 3.50. The van der Waals surface area contributed by atoms with Gasteiger partial charge in [0.25, 0.3) is 0 Å². The van der Waals surface area contributed by atoms with E-state index in [4.69, 9.17) is 4.74 Å². The molecule has 8 heteroatoms. The minimum Gasteiger partial charge on any atom is -0.493 e. The fourth-order valence-corrected chi connectivity index (χ4v) is 2.13. The highest BCUT2D eigenvalue weighted by Crippen LogP contribution is 2.35. The van der Waals surface area contributed by atoms with Crippen LogP contribution < -0.4 is 4.90 Å². The molecular weight excluding hydrogens is 289 g/mol. The Balaban J connectivity index is 2.36. The highest BCUT2D eigenvalue weighted by atomic mass is 19.4. The van der Waals surface area contributed by atoms with E-state index in [1.165, 1.54) is 6.92 Å². The molecule has 1 aromatic rings. The third kappa shape index (κ3) is 2.81. The number of hydrogen-bond acceptors (Lipinski definition) is 5. The summed E-state index contributed by atoms with van der Waals surface area (Å²) < 4.78 is 43.4. The molecule has 0 spiro atoms. The van der Waals surface area contributed by atoms with Gasteiger partial charge in [-0.2, -0.15) is 13.2 Å². The van der Waals surface area contributed by atoms with Crippen LogP contribution in [-0.2, 0) is 10.9 Å². The SMILES string of the molecule is CCOC1=C(C)C(O)N(c2cc(C(F)(F)F)ccn2)C1O. The quantitative estimate of drug-likeness (QED) is 0.892. The monoisotopic (exact) mass is 304 g/mol. The molecule has 0 amide bonds. The van der Waals surface area contributed by atoms with Crippen LogP contribution in [-0.4, -0.2) is 34.3 Å². The van der Waals surface area contributed by atoms with E-state index in [1.54, 1.807) is 6.92 Å². The van der Waals surface area contributed by atoms with E-state index in [1.807, 2.05) is 0 Å². The van der Waals surface area contributed by atoms with Gasteiger partial charge in [0, 0.05) is 11.8 Å². The third-order valence-corrected chi connectivity index (χ3v) is 3.17. The number of aliphatic hydroxyl groups excluding tert-OH is 2. The standard InChI is InChI=1S/C13H15F3N2O3/c1-3-21-10-7(2)11(19)18(12(10)20)9-6-8(4-5-17-9)13(14,15)16/h4-6,11-12,19-20H,3H2,1-2H3. The fourth-order valence-electron chi connectivity index (χ4n) is 2.13. The summed E-state index contributed by atoms with van der Waals surface area (Å²) in [5, 5.41) is 20.2. The Morgan fingerprint density at radius 2 is 2.00 bits per heavy atom. The highest BCUT2D eigenvalue weighted by Gasteiger charge is 2.40. The Morgan fingerprint density at radius 1 is 1.33 bits per heavy atom. The van der Waals surface area contributed by atoms with E-state index < -0.39 is 24.2 Å². The second-order valence-electron chi connectivity index (χ2n) is 4.54. The van der Waals surface area contributed by atoms with Gasteiger partial charge in [-0.25, -0.2) is 4.98 Å². The number of pyridine rings is 1. The molecule has 0 saturated heterocycles. The van der Waals surface area contributed by atoms with E-state index in [0.29, 0.717) is 5.57 Å². The lowest BCUT2D eigenvalue weighted by Crippen LogP contribution is -2.39. The van der Waals surface area contributed by atoms with Crippen molar-refractivity contribution in [2.75, 3.05) is 11.5 Å². The first-order valence-electron chi connectivity index (χ1n) is 6.28. The Morgan fingerprint density at radius 3 is 2.57 bits per heavy atom. The Bertz CT molecular complexity index is 560. The van der Waals surface area contributed by atoms with Crippen molar-refractivity contribution < 1.29 is 28.1 Å². The van der Waals surface area contributed by atoms with Gasteiger partial charge in [0.2, 0.25) is 0 Å². The van der Waals surface area contributed by atoms with Gasteiger partial charge in [-0.05, 0) is 26.0 Å². The molecule has 2 N–H and O–H groups in total. The maximum atomic E-state index is 12.7. The molecule has 21 heavy (non-hydrogen) atoms. The summed E-state index contributed by atoms with van der Waals surface area (Å²) >= 11 is 0. The summed E-state index contributed by atoms with van der Waals surface area (Å²) in [5.74, 6) is -0.0527. The molecule has 2 heterocycles. The number of rotatable bonds is 3. The average molecular weight is 304 g/mol. The van der Waals surface area contributed by atoms with E-state index >= 15 is 0 Å². The van der Waals surface area contributed by atoms with Crippen LogP contribution in [0.3, 0.4) is 0 Å². The van der Waals surface area contributed by atoms with Crippen molar-refractivity contribution in [1.29, 1.82) is 0 Å². The summed E-state index contributed by atoms with van der Waals surface area (Å²) in [5.41, 5.74) is -0.571. The van der Waals surface area contributed by atoms with E-state index in [-0.39, 0.29) is 18.2 Å². The molecule has 116 valence electrons. The number of aliphatic hydroxyl groups is 2. The van der Waals surface area contributed by atoms with Crippen molar-refractivity contribution in [2.24, 2.45) is 0 Å². The number of aromatic nitrogens is 1. The van der Waals surface area contributed by atoms with Gasteiger partial charge >= 0.3 is 6.18 Å². The van der Waals surface area contributed by atoms with Crippen LogP contribution in [0.25, 0.3) is 0 Å². The maximum absolute atomic E-state index is 12.7. The van der Waals surface area contributed by atoms with Crippen LogP contribution >= 0.6 is 0 Å². The molecule has 0 fully saturated rings. The third-order valence-electron chi connectivity index (χ3n) is 3.17. The predicted octanol–water partition coefficient (Wildman–Crippen LogP) is 1.87. The average Bonchev–Trinajstić information content (AvgIpc) is 2.62. The molecule has 0 aromatic carbocycles. The van der Waals surface area contributed by atoms with Gasteiger partial charge in [-0.3, -0.25) is 4.90 Å². The van der Waals surface area contributed by atoms with Crippen molar-refractivity contribution in [2.45, 2.75) is 32.5 Å². The number of anilines is 1. The van der Waals surface area contributed by atoms with Gasteiger partial charge in [0.05, 0.1) is 12.2 Å². The van der Waals surface area contributed by atoms with Crippen LogP contribution in [0.1, 0.15) is 19.4 Å². The molecule has 0 aliphatic carbocycles. The molecule has 2 rings (SSSR count). The topological polar surface area (TPSA) is 65.8 Å². The van der Waals surface area contributed by atoms with Gasteiger partial charge in [-0.15, -0.1) is 0 Å². The van der Waals surface area contributed by atoms with Crippen molar-refractivity contribution in [3.05, 3.63) is 35.2 Å². The minimum atomic E-state index is -4.53. The Kier molecular flexibility index (Phi) is 4.11. The lowest BCUT2D eigenvalue weighted by atomic mass is 10.2. The molecule has 1 aliphatic heterocycles. The number of nitrogens with zero attached hydrogens (tertiary/aromatic N) is 2. The van der Waals surface area contributed by atoms with E-state index in [9.17, 15) is 23.4 Å². The number of hydrogen-bond donors (Lipinski definition) is 2. The zero-order chi connectivity index (χ0) is 15.8. The first kappa shape index (κ1) is 15.6. The van der Waals surface area contributed by atoms with Crippen molar-refractivity contribution in [1.82, 2.24) is 4.98 Å². The van der Waals surface area contributed by atoms with Gasteiger partial charge < -0.3 is 14.9 Å². The van der Waals surface area contributed by atoms with Gasteiger partial charge in [-0.1, -0.05) is 0 Å². The summed E-state index contributed by atoms with van der Waals surface area (Å²) in [6, 6.07) is 1.59. The molecule has 1 aliphatic rings. The smallest absolute Gasteiger partial charge is 0.416 e. The molecule has 5 nitrogen and oxygen atoms in total. The second-order valence-corrected chi connectivity index (χ2v) is 4.54. The van der Waals surface area contributed by atoms with Crippen LogP contribution in [0.5, 0.6) is 0 Å². The van der Waals surface area contributed by atoms with Crippen LogP contribution in [0, 0.1) is 0 Å². The van der Waals surface area contributed by atoms with Crippen LogP contribution in [0.4, 0.5) is 19.0 Å². The Labute approximate surface area is 119 Å². The van der Waals surface area contributed by atoms with Crippen LogP contribution in [0.2, 0.25) is 0 Å². The summed E-state index contributed by atoms with van der Waals surface area (Å²) in [4.78, 5) is 4.76. The fraction of sp³-hybridized carbons (Fsp3) is 0.462. The largest absolute Gasteiger partial charge is 0.493 e. The molecule has 0 bridgehead atoms. The zero-order valence-electron chi connectivity index (χ0n) is 11.4. The molecule has 0 radical (unpaired) electrons. The summed E-state index contributed by atoms with van der Waals surface area (Å²) in [7, 11) is 0. The molecule has 0 saturated carbocycles. The van der Waals surface area contributed by atoms with Crippen molar-refractivity contribution in [3.8, 4) is 0 Å². The van der Waals surface area contributed by atoms with Gasteiger partial charge in [0.1, 0.15) is 11.6 Å². The second kappa shape index (κ2) is 5.53. The predicted molar refractivity (Wildman–Crippen MR) is 68.1 cm³/mol. The minimum absolute atomic E-state index is 0.129. The van der Waals surface area contributed by atoms with Gasteiger partial charge in [0.15, 0.2) is 12.5 Å². The van der Waals surface area contributed by atoms with E-state index in [2.05, 4.69) is 4.98 Å². The first-order chi connectivity index (χ1) is 9.77. The first-order valence-corrected chi connectivity index (χ1v) is 6.28. The summed E-state index contributed by atoms with van der Waals surface area (Å²) in [6.07, 6.45) is -6.22. The van der Waals surface area contributed by atoms with E-state index in [0.717, 1.165) is 23.2 Å². The lowest BCUT2D eigenvalue weighted by Gasteiger charge is -2.27. The number of alkyl halides is 3. The van der Waals surface area contributed by atoms with Crippen LogP contribution in [0.15, 0.2) is 29.7 Å². The molecular formula is C13H15F3N2O3. The van der Waals surface area contributed by atoms with Crippen molar-refractivity contribution in [3.63, 3.8) is 0 Å². The maximum Gasteiger partial charge on any atom is 0.416 e. The van der Waals surface area contributed by atoms with Crippen molar-refractivity contribution >= 4 is 5.82 Å². The number of halogens is 3. The molecule has 2 unspecified atom stereocenters. The number of ether oxygens (including phenoxy) is 1. The molecule has 1 aromatic heterocycles. The molecule has 2 atom stereocenters. The highest BCUT2D eigenvalue weighted by molar-refractivity contribution is 5.50.